The zero-order valence-corrected chi connectivity index (χ0v) is 13.0. The van der Waals surface area contributed by atoms with Gasteiger partial charge in [0.2, 0.25) is 0 Å². The van der Waals surface area contributed by atoms with Gasteiger partial charge in [0.15, 0.2) is 0 Å². The molecule has 2 rings (SSSR count). The number of hydrogen-bond acceptors (Lipinski definition) is 6. The fourth-order valence-corrected chi connectivity index (χ4v) is 2.62. The summed E-state index contributed by atoms with van der Waals surface area (Å²) in [4.78, 5) is 0.0340. The molecule has 0 aliphatic carbocycles. The molecule has 6 nitrogen and oxygen atoms in total. The lowest BCUT2D eigenvalue weighted by molar-refractivity contribution is 0.317. The molecule has 0 saturated carbocycles. The van der Waals surface area contributed by atoms with Crippen LogP contribution in [0.3, 0.4) is 0 Å². The molecule has 4 N–H and O–H groups in total. The first kappa shape index (κ1) is 16.0. The van der Waals surface area contributed by atoms with Gasteiger partial charge in [0.05, 0.1) is 18.0 Å². The summed E-state index contributed by atoms with van der Waals surface area (Å²) in [5, 5.41) is 0. The first-order valence-corrected chi connectivity index (χ1v) is 8.15. The maximum atomic E-state index is 12.2. The summed E-state index contributed by atoms with van der Waals surface area (Å²) in [5.74, 6) is 0.718. The van der Waals surface area contributed by atoms with Crippen LogP contribution < -0.4 is 20.4 Å². The number of anilines is 2. The molecule has 0 fully saturated rings. The van der Waals surface area contributed by atoms with Crippen LogP contribution in [0.2, 0.25) is 0 Å². The van der Waals surface area contributed by atoms with Crippen molar-refractivity contribution in [1.82, 2.24) is 0 Å². The predicted molar refractivity (Wildman–Crippen MR) is 85.3 cm³/mol. The lowest BCUT2D eigenvalue weighted by Crippen LogP contribution is -2.10. The lowest BCUT2D eigenvalue weighted by Gasteiger charge is -2.09. The zero-order valence-electron chi connectivity index (χ0n) is 12.2. The fraction of sp³-hybridized carbons (Fsp3) is 0.200. The van der Waals surface area contributed by atoms with Crippen molar-refractivity contribution in [3.8, 4) is 11.5 Å². The van der Waals surface area contributed by atoms with E-state index in [-0.39, 0.29) is 16.3 Å². The van der Waals surface area contributed by atoms with Crippen molar-refractivity contribution in [1.29, 1.82) is 0 Å². The molecule has 0 bridgehead atoms. The van der Waals surface area contributed by atoms with E-state index in [2.05, 4.69) is 0 Å². The Bertz CT molecular complexity index is 743. The van der Waals surface area contributed by atoms with Crippen molar-refractivity contribution in [2.75, 3.05) is 18.1 Å². The predicted octanol–water partition coefficient (Wildman–Crippen LogP) is 2.41. The van der Waals surface area contributed by atoms with E-state index in [0.29, 0.717) is 18.0 Å². The monoisotopic (exact) mass is 322 g/mol. The highest BCUT2D eigenvalue weighted by molar-refractivity contribution is 7.87. The minimum absolute atomic E-state index is 0.0340. The average Bonchev–Trinajstić information content (AvgIpc) is 2.49. The second kappa shape index (κ2) is 6.57. The van der Waals surface area contributed by atoms with Crippen LogP contribution in [0.1, 0.15) is 13.3 Å². The number of nitrogens with two attached hydrogens (primary N) is 2. The molecule has 0 heterocycles. The van der Waals surface area contributed by atoms with Gasteiger partial charge in [-0.3, -0.25) is 0 Å². The van der Waals surface area contributed by atoms with Crippen LogP contribution in [0.4, 0.5) is 11.4 Å². The number of hydrogen-bond donors (Lipinski definition) is 2. The van der Waals surface area contributed by atoms with E-state index in [0.717, 1.165) is 6.42 Å². The minimum Gasteiger partial charge on any atom is -0.494 e. The smallest absolute Gasteiger partial charge is 0.339 e. The number of ether oxygens (including phenoxy) is 1. The Morgan fingerprint density at radius 2 is 1.59 bits per heavy atom. The van der Waals surface area contributed by atoms with E-state index in [1.807, 2.05) is 6.92 Å². The van der Waals surface area contributed by atoms with Gasteiger partial charge in [0.25, 0.3) is 0 Å². The van der Waals surface area contributed by atoms with E-state index >= 15 is 0 Å². The van der Waals surface area contributed by atoms with Crippen LogP contribution in [0, 0.1) is 0 Å². The second-order valence-electron chi connectivity index (χ2n) is 4.65. The van der Waals surface area contributed by atoms with Crippen LogP contribution >= 0.6 is 0 Å². The molecule has 7 heteroatoms. The van der Waals surface area contributed by atoms with E-state index in [4.69, 9.17) is 20.4 Å². The summed E-state index contributed by atoms with van der Waals surface area (Å²) >= 11 is 0. The highest BCUT2D eigenvalue weighted by atomic mass is 32.2. The van der Waals surface area contributed by atoms with E-state index in [9.17, 15) is 8.42 Å². The molecule has 0 radical (unpaired) electrons. The summed E-state index contributed by atoms with van der Waals surface area (Å²) in [7, 11) is -3.93. The zero-order chi connectivity index (χ0) is 16.2. The molecule has 0 atom stereocenters. The summed E-state index contributed by atoms with van der Waals surface area (Å²) in [6, 6.07) is 10.3. The molecule has 0 spiro atoms. The maximum Gasteiger partial charge on any atom is 0.339 e. The van der Waals surface area contributed by atoms with Gasteiger partial charge in [-0.2, -0.15) is 8.42 Å². The summed E-state index contributed by atoms with van der Waals surface area (Å²) in [5.41, 5.74) is 11.8. The van der Waals surface area contributed by atoms with Gasteiger partial charge in [0, 0.05) is 6.07 Å². The number of rotatable bonds is 6. The third-order valence-corrected chi connectivity index (χ3v) is 4.11. The Labute approximate surface area is 129 Å². The Morgan fingerprint density at radius 1 is 0.955 bits per heavy atom. The third kappa shape index (κ3) is 3.82. The molecule has 0 aliphatic rings. The number of benzene rings is 2. The van der Waals surface area contributed by atoms with Crippen LogP contribution in [0.25, 0.3) is 0 Å². The summed E-state index contributed by atoms with van der Waals surface area (Å²) in [6.07, 6.45) is 0.877. The molecular weight excluding hydrogens is 304 g/mol. The largest absolute Gasteiger partial charge is 0.494 e. The van der Waals surface area contributed by atoms with Gasteiger partial charge in [0.1, 0.15) is 16.4 Å². The van der Waals surface area contributed by atoms with Crippen molar-refractivity contribution in [3.63, 3.8) is 0 Å². The van der Waals surface area contributed by atoms with Gasteiger partial charge >= 0.3 is 10.1 Å². The molecule has 0 aromatic heterocycles. The van der Waals surface area contributed by atoms with Crippen LogP contribution in [-0.2, 0) is 10.1 Å². The average molecular weight is 322 g/mol. The fourth-order valence-electron chi connectivity index (χ4n) is 1.70. The summed E-state index contributed by atoms with van der Waals surface area (Å²) in [6.45, 7) is 2.57. The lowest BCUT2D eigenvalue weighted by atomic mass is 10.3. The second-order valence-corrected chi connectivity index (χ2v) is 6.19. The van der Waals surface area contributed by atoms with Crippen molar-refractivity contribution < 1.29 is 17.3 Å². The third-order valence-electron chi connectivity index (χ3n) is 2.85. The molecular formula is C15H18N2O4S. The van der Waals surface area contributed by atoms with E-state index < -0.39 is 10.1 Å². The van der Waals surface area contributed by atoms with Gasteiger partial charge in [-0.25, -0.2) is 0 Å². The first-order valence-electron chi connectivity index (χ1n) is 6.74. The Balaban J connectivity index is 2.17. The SMILES string of the molecule is CCCOc1ccc(S(=O)(=O)Oc2ccc(N)c(N)c2)cc1. The van der Waals surface area contributed by atoms with E-state index in [1.165, 1.54) is 30.3 Å². The van der Waals surface area contributed by atoms with Crippen LogP contribution in [-0.4, -0.2) is 15.0 Å². The van der Waals surface area contributed by atoms with E-state index in [1.54, 1.807) is 12.1 Å². The van der Waals surface area contributed by atoms with Crippen LogP contribution in [0.15, 0.2) is 47.4 Å². The van der Waals surface area contributed by atoms with Gasteiger partial charge in [-0.05, 0) is 42.8 Å². The standard InChI is InChI=1S/C15H18N2O4S/c1-2-9-20-11-3-6-13(7-4-11)22(18,19)21-12-5-8-14(16)15(17)10-12/h3-8,10H,2,9,16-17H2,1H3. The first-order chi connectivity index (χ1) is 10.4. The molecule has 0 saturated heterocycles. The molecule has 0 aliphatic heterocycles. The Kier molecular flexibility index (Phi) is 4.77. The maximum absolute atomic E-state index is 12.2. The quantitative estimate of drug-likeness (QED) is 0.625. The van der Waals surface area contributed by atoms with Crippen molar-refractivity contribution >= 4 is 21.5 Å². The Hall–Kier alpha value is -2.41. The number of nitrogen functional groups attached to an aromatic ring is 2. The van der Waals surface area contributed by atoms with Crippen molar-refractivity contribution in [2.24, 2.45) is 0 Å². The van der Waals surface area contributed by atoms with Crippen molar-refractivity contribution in [3.05, 3.63) is 42.5 Å². The highest BCUT2D eigenvalue weighted by Gasteiger charge is 2.17. The molecule has 0 unspecified atom stereocenters. The Morgan fingerprint density at radius 3 is 2.18 bits per heavy atom. The highest BCUT2D eigenvalue weighted by Crippen LogP contribution is 2.25. The molecule has 22 heavy (non-hydrogen) atoms. The molecule has 2 aromatic carbocycles. The minimum atomic E-state index is -3.93. The summed E-state index contributed by atoms with van der Waals surface area (Å²) < 4.78 is 34.8. The normalized spacial score (nSPS) is 11.1. The van der Waals surface area contributed by atoms with Crippen molar-refractivity contribution in [2.45, 2.75) is 18.2 Å². The molecule has 118 valence electrons. The van der Waals surface area contributed by atoms with Crippen LogP contribution in [0.5, 0.6) is 11.5 Å². The molecule has 2 aromatic rings. The van der Waals surface area contributed by atoms with Gasteiger partial charge in [-0.15, -0.1) is 0 Å². The topological polar surface area (TPSA) is 105 Å². The molecule has 0 amide bonds. The van der Waals surface area contributed by atoms with Gasteiger partial charge < -0.3 is 20.4 Å². The van der Waals surface area contributed by atoms with Gasteiger partial charge in [-0.1, -0.05) is 6.92 Å².